The van der Waals surface area contributed by atoms with Crippen molar-refractivity contribution in [3.8, 4) is 0 Å². The van der Waals surface area contributed by atoms with Crippen LogP contribution in [0.3, 0.4) is 0 Å². The summed E-state index contributed by atoms with van der Waals surface area (Å²) in [5.74, 6) is 1.24. The van der Waals surface area contributed by atoms with Crippen LogP contribution in [0.2, 0.25) is 0 Å². The third-order valence-corrected chi connectivity index (χ3v) is 3.33. The Labute approximate surface area is 110 Å². The molecule has 0 heterocycles. The van der Waals surface area contributed by atoms with E-state index in [4.69, 9.17) is 16.3 Å². The van der Waals surface area contributed by atoms with Crippen molar-refractivity contribution < 1.29 is 4.74 Å². The highest BCUT2D eigenvalue weighted by atomic mass is 35.5. The molecule has 1 aromatic carbocycles. The first-order valence-corrected chi connectivity index (χ1v) is 7.08. The van der Waals surface area contributed by atoms with Crippen LogP contribution in [-0.4, -0.2) is 19.1 Å². The predicted octanol–water partition coefficient (Wildman–Crippen LogP) is 4.29. The van der Waals surface area contributed by atoms with Crippen LogP contribution in [0.25, 0.3) is 0 Å². The van der Waals surface area contributed by atoms with E-state index in [1.807, 2.05) is 6.07 Å². The number of hydrogen-bond acceptors (Lipinski definition) is 1. The van der Waals surface area contributed by atoms with E-state index in [2.05, 4.69) is 31.2 Å². The zero-order valence-corrected chi connectivity index (χ0v) is 11.5. The summed E-state index contributed by atoms with van der Waals surface area (Å²) >= 11 is 6.00. The lowest BCUT2D eigenvalue weighted by Crippen LogP contribution is -2.10. The summed E-state index contributed by atoms with van der Waals surface area (Å²) < 4.78 is 5.59. The number of ether oxygens (including phenoxy) is 1. The van der Waals surface area contributed by atoms with E-state index in [0.717, 1.165) is 32.5 Å². The molecule has 0 aliphatic heterocycles. The molecule has 1 unspecified atom stereocenters. The number of unbranched alkanes of at least 4 members (excludes halogenated alkanes) is 1. The Hall–Kier alpha value is -0.530. The summed E-state index contributed by atoms with van der Waals surface area (Å²) in [4.78, 5) is 0. The van der Waals surface area contributed by atoms with Gasteiger partial charge in [-0.2, -0.15) is 0 Å². The van der Waals surface area contributed by atoms with Crippen molar-refractivity contribution >= 4 is 11.6 Å². The lowest BCUT2D eigenvalue weighted by atomic mass is 9.98. The van der Waals surface area contributed by atoms with Crippen molar-refractivity contribution in [1.82, 2.24) is 0 Å². The van der Waals surface area contributed by atoms with E-state index in [9.17, 15) is 0 Å². The van der Waals surface area contributed by atoms with Gasteiger partial charge in [0, 0.05) is 19.1 Å². The molecule has 96 valence electrons. The van der Waals surface area contributed by atoms with Gasteiger partial charge in [0.05, 0.1) is 0 Å². The summed E-state index contributed by atoms with van der Waals surface area (Å²) in [7, 11) is 0. The van der Waals surface area contributed by atoms with E-state index in [1.54, 1.807) is 0 Å². The maximum atomic E-state index is 6.00. The second-order valence-corrected chi connectivity index (χ2v) is 4.77. The monoisotopic (exact) mass is 254 g/mol. The van der Waals surface area contributed by atoms with Crippen LogP contribution in [0.5, 0.6) is 0 Å². The molecule has 0 saturated carbocycles. The predicted molar refractivity (Wildman–Crippen MR) is 74.7 cm³/mol. The van der Waals surface area contributed by atoms with E-state index >= 15 is 0 Å². The lowest BCUT2D eigenvalue weighted by molar-refractivity contribution is 0.119. The molecule has 0 radical (unpaired) electrons. The molecule has 17 heavy (non-hydrogen) atoms. The van der Waals surface area contributed by atoms with E-state index in [0.29, 0.717) is 11.8 Å². The van der Waals surface area contributed by atoms with Crippen molar-refractivity contribution in [2.45, 2.75) is 32.6 Å². The number of hydrogen-bond donors (Lipinski definition) is 0. The summed E-state index contributed by atoms with van der Waals surface area (Å²) in [6.45, 7) is 3.90. The summed E-state index contributed by atoms with van der Waals surface area (Å²) in [6.07, 6.45) is 4.47. The van der Waals surface area contributed by atoms with Gasteiger partial charge in [0.15, 0.2) is 0 Å². The normalized spacial score (nSPS) is 12.6. The molecule has 2 heteroatoms. The minimum atomic E-state index is 0.528. The Morgan fingerprint density at radius 3 is 2.59 bits per heavy atom. The van der Waals surface area contributed by atoms with Gasteiger partial charge in [0.2, 0.25) is 0 Å². The first-order valence-electron chi connectivity index (χ1n) is 6.54. The molecule has 0 amide bonds. The Kier molecular flexibility index (Phi) is 8.12. The van der Waals surface area contributed by atoms with Crippen LogP contribution in [0.1, 0.15) is 31.7 Å². The van der Waals surface area contributed by atoms with Crippen LogP contribution in [-0.2, 0) is 11.2 Å². The standard InChI is InChI=1S/C15H23ClO/c1-2-3-10-17-11-9-15(13-16)12-14-7-5-4-6-8-14/h4-8,15H,2-3,9-13H2,1H3. The van der Waals surface area contributed by atoms with Gasteiger partial charge in [0.25, 0.3) is 0 Å². The molecular weight excluding hydrogens is 232 g/mol. The van der Waals surface area contributed by atoms with Crippen LogP contribution >= 0.6 is 11.6 Å². The van der Waals surface area contributed by atoms with Gasteiger partial charge < -0.3 is 4.74 Å². The van der Waals surface area contributed by atoms with Gasteiger partial charge in [-0.25, -0.2) is 0 Å². The van der Waals surface area contributed by atoms with Gasteiger partial charge in [0.1, 0.15) is 0 Å². The highest BCUT2D eigenvalue weighted by Crippen LogP contribution is 2.14. The SMILES string of the molecule is CCCCOCCC(CCl)Cc1ccccc1. The molecule has 0 aromatic heterocycles. The maximum Gasteiger partial charge on any atom is 0.0469 e. The average Bonchev–Trinajstić information content (AvgIpc) is 2.38. The van der Waals surface area contributed by atoms with E-state index < -0.39 is 0 Å². The summed E-state index contributed by atoms with van der Waals surface area (Å²) in [6, 6.07) is 10.5. The second-order valence-electron chi connectivity index (χ2n) is 4.46. The van der Waals surface area contributed by atoms with Crippen molar-refractivity contribution in [2.24, 2.45) is 5.92 Å². The van der Waals surface area contributed by atoms with E-state index in [-0.39, 0.29) is 0 Å². The molecule has 0 N–H and O–H groups in total. The molecule has 1 aromatic rings. The average molecular weight is 255 g/mol. The fourth-order valence-electron chi connectivity index (χ4n) is 1.78. The van der Waals surface area contributed by atoms with Crippen molar-refractivity contribution in [1.29, 1.82) is 0 Å². The van der Waals surface area contributed by atoms with Crippen LogP contribution in [0, 0.1) is 5.92 Å². The minimum Gasteiger partial charge on any atom is -0.381 e. The van der Waals surface area contributed by atoms with Gasteiger partial charge >= 0.3 is 0 Å². The molecule has 0 aliphatic carbocycles. The molecule has 0 bridgehead atoms. The van der Waals surface area contributed by atoms with Crippen LogP contribution < -0.4 is 0 Å². The number of halogens is 1. The van der Waals surface area contributed by atoms with Crippen molar-refractivity contribution in [2.75, 3.05) is 19.1 Å². The zero-order chi connectivity index (χ0) is 12.3. The molecule has 1 rings (SSSR count). The van der Waals surface area contributed by atoms with Gasteiger partial charge in [-0.3, -0.25) is 0 Å². The Morgan fingerprint density at radius 2 is 1.94 bits per heavy atom. The zero-order valence-electron chi connectivity index (χ0n) is 10.7. The third kappa shape index (κ3) is 6.70. The van der Waals surface area contributed by atoms with Gasteiger partial charge in [-0.1, -0.05) is 43.7 Å². The third-order valence-electron chi connectivity index (χ3n) is 2.90. The number of alkyl halides is 1. The molecule has 0 spiro atoms. The lowest BCUT2D eigenvalue weighted by Gasteiger charge is -2.14. The molecule has 0 saturated heterocycles. The molecule has 1 nitrogen and oxygen atoms in total. The number of benzene rings is 1. The minimum absolute atomic E-state index is 0.528. The van der Waals surface area contributed by atoms with Crippen LogP contribution in [0.15, 0.2) is 30.3 Å². The fraction of sp³-hybridized carbons (Fsp3) is 0.600. The largest absolute Gasteiger partial charge is 0.381 e. The first-order chi connectivity index (χ1) is 8.36. The molecule has 0 fully saturated rings. The van der Waals surface area contributed by atoms with E-state index in [1.165, 1.54) is 12.0 Å². The quantitative estimate of drug-likeness (QED) is 0.472. The van der Waals surface area contributed by atoms with Crippen molar-refractivity contribution in [3.63, 3.8) is 0 Å². The van der Waals surface area contributed by atoms with Crippen LogP contribution in [0.4, 0.5) is 0 Å². The fourth-order valence-corrected chi connectivity index (χ4v) is 2.04. The highest BCUT2D eigenvalue weighted by molar-refractivity contribution is 6.18. The van der Waals surface area contributed by atoms with Crippen molar-refractivity contribution in [3.05, 3.63) is 35.9 Å². The summed E-state index contributed by atoms with van der Waals surface area (Å²) in [5, 5.41) is 0. The molecule has 1 atom stereocenters. The van der Waals surface area contributed by atoms with Gasteiger partial charge in [-0.05, 0) is 30.7 Å². The Morgan fingerprint density at radius 1 is 1.18 bits per heavy atom. The highest BCUT2D eigenvalue weighted by Gasteiger charge is 2.08. The topological polar surface area (TPSA) is 9.23 Å². The molecular formula is C15H23ClO. The molecule has 0 aliphatic rings. The van der Waals surface area contributed by atoms with Gasteiger partial charge in [-0.15, -0.1) is 11.6 Å². The smallest absolute Gasteiger partial charge is 0.0469 e. The summed E-state index contributed by atoms with van der Waals surface area (Å²) in [5.41, 5.74) is 1.37. The first kappa shape index (κ1) is 14.5. The second kappa shape index (κ2) is 9.49. The Balaban J connectivity index is 2.20. The number of rotatable bonds is 9. The maximum absolute atomic E-state index is 6.00. The Bertz CT molecular complexity index is 274.